The minimum absolute atomic E-state index is 0.0563. The van der Waals surface area contributed by atoms with Crippen LogP contribution in [0.1, 0.15) is 36.8 Å². The fourth-order valence-corrected chi connectivity index (χ4v) is 5.68. The number of nitrogens with zero attached hydrogens (tertiary/aromatic N) is 1. The summed E-state index contributed by atoms with van der Waals surface area (Å²) in [4.78, 5) is 26.8. The number of imide groups is 1. The van der Waals surface area contributed by atoms with Crippen molar-refractivity contribution < 1.29 is 22.4 Å². The molecule has 2 fully saturated rings. The van der Waals surface area contributed by atoms with Crippen molar-refractivity contribution in [1.82, 2.24) is 4.90 Å². The molecule has 2 aliphatic rings. The van der Waals surface area contributed by atoms with Gasteiger partial charge in [-0.25, -0.2) is 12.8 Å². The number of aryl methyl sites for hydroxylation is 1. The number of anilines is 1. The molecule has 1 heterocycles. The number of halogens is 1. The lowest BCUT2D eigenvalue weighted by Gasteiger charge is -2.19. The molecule has 0 radical (unpaired) electrons. The first kappa shape index (κ1) is 20.5. The van der Waals surface area contributed by atoms with E-state index in [1.807, 2.05) is 0 Å². The van der Waals surface area contributed by atoms with Crippen molar-refractivity contribution in [1.29, 1.82) is 0 Å². The van der Waals surface area contributed by atoms with Crippen molar-refractivity contribution in [3.05, 3.63) is 59.4 Å². The lowest BCUT2D eigenvalue weighted by molar-refractivity contribution is -0.140. The van der Waals surface area contributed by atoms with E-state index in [9.17, 15) is 22.4 Å². The number of hydrogen-bond acceptors (Lipinski definition) is 4. The van der Waals surface area contributed by atoms with Crippen molar-refractivity contribution >= 4 is 27.5 Å². The molecule has 0 aromatic heterocycles. The first-order valence-corrected chi connectivity index (χ1v) is 11.5. The van der Waals surface area contributed by atoms with Gasteiger partial charge in [-0.1, -0.05) is 25.0 Å². The fourth-order valence-electron chi connectivity index (χ4n) is 4.33. The summed E-state index contributed by atoms with van der Waals surface area (Å²) >= 11 is 0. The Bertz CT molecular complexity index is 1070. The number of likely N-dealkylation sites (tertiary alicyclic amines) is 1. The summed E-state index contributed by atoms with van der Waals surface area (Å²) in [5, 5.41) is 0. The molecule has 2 atom stereocenters. The smallest absolute Gasteiger partial charge is 0.262 e. The van der Waals surface area contributed by atoms with E-state index in [2.05, 4.69) is 4.72 Å². The number of nitrogens with one attached hydrogen (secondary N) is 1. The van der Waals surface area contributed by atoms with Crippen molar-refractivity contribution in [2.75, 3.05) is 4.72 Å². The highest BCUT2D eigenvalue weighted by Gasteiger charge is 2.47. The average Bonchev–Trinajstić information content (AvgIpc) is 2.96. The van der Waals surface area contributed by atoms with Gasteiger partial charge in [0, 0.05) is 5.69 Å². The average molecular weight is 431 g/mol. The third-order valence-electron chi connectivity index (χ3n) is 5.91. The molecule has 1 saturated carbocycles. The predicted octanol–water partition coefficient (Wildman–Crippen LogP) is 3.61. The molecule has 2 aromatic rings. The maximum Gasteiger partial charge on any atom is 0.262 e. The third-order valence-corrected chi connectivity index (χ3v) is 7.43. The molecule has 2 amide bonds. The van der Waals surface area contributed by atoms with Gasteiger partial charge in [-0.05, 0) is 61.2 Å². The van der Waals surface area contributed by atoms with E-state index >= 15 is 0 Å². The molecule has 4 rings (SSSR count). The molecule has 0 spiro atoms. The van der Waals surface area contributed by atoms with Gasteiger partial charge in [-0.15, -0.1) is 0 Å². The van der Waals surface area contributed by atoms with Crippen LogP contribution in [0.2, 0.25) is 0 Å². The standard InChI is InChI=1S/C22H23FN2O4S/c1-14-6-7-15(13-25-21(26)18-4-2-3-5-19(18)22(25)27)12-20(14)30(28,29)24-17-10-8-16(23)9-11-17/h6-12,18-19,24H,2-5,13H2,1H3/t18-,19-/m0/s1. The maximum absolute atomic E-state index is 13.1. The molecule has 1 N–H and O–H groups in total. The van der Waals surface area contributed by atoms with E-state index in [1.54, 1.807) is 19.1 Å². The molecule has 158 valence electrons. The fraction of sp³-hybridized carbons (Fsp3) is 0.364. The normalized spacial score (nSPS) is 21.6. The molecule has 1 saturated heterocycles. The Balaban J connectivity index is 1.58. The topological polar surface area (TPSA) is 83.6 Å². The van der Waals surface area contributed by atoms with Crippen LogP contribution in [0, 0.1) is 24.6 Å². The number of carbonyl (C=O) groups excluding carboxylic acids is 2. The monoisotopic (exact) mass is 430 g/mol. The zero-order valence-electron chi connectivity index (χ0n) is 16.6. The Morgan fingerprint density at radius 3 is 2.20 bits per heavy atom. The number of hydrogen-bond donors (Lipinski definition) is 1. The summed E-state index contributed by atoms with van der Waals surface area (Å²) in [7, 11) is -3.92. The van der Waals surface area contributed by atoms with Crippen LogP contribution >= 0.6 is 0 Å². The van der Waals surface area contributed by atoms with Crippen LogP contribution < -0.4 is 4.72 Å². The van der Waals surface area contributed by atoms with E-state index < -0.39 is 15.8 Å². The van der Waals surface area contributed by atoms with Crippen LogP contribution in [0.15, 0.2) is 47.4 Å². The predicted molar refractivity (Wildman–Crippen MR) is 109 cm³/mol. The van der Waals surface area contributed by atoms with Crippen molar-refractivity contribution in [3.8, 4) is 0 Å². The molecule has 30 heavy (non-hydrogen) atoms. The Hall–Kier alpha value is -2.74. The second kappa shape index (κ2) is 7.83. The van der Waals surface area contributed by atoms with E-state index in [1.165, 1.54) is 35.2 Å². The zero-order valence-corrected chi connectivity index (χ0v) is 17.4. The SMILES string of the molecule is Cc1ccc(CN2C(=O)[C@H]3CCCC[C@@H]3C2=O)cc1S(=O)(=O)Nc1ccc(F)cc1. The number of fused-ring (bicyclic) bond motifs is 1. The van der Waals surface area contributed by atoms with E-state index in [-0.39, 0.29) is 40.8 Å². The van der Waals surface area contributed by atoms with Crippen molar-refractivity contribution in [2.24, 2.45) is 11.8 Å². The Morgan fingerprint density at radius 2 is 1.60 bits per heavy atom. The van der Waals surface area contributed by atoms with Gasteiger partial charge >= 0.3 is 0 Å². The summed E-state index contributed by atoms with van der Waals surface area (Å²) in [5.41, 5.74) is 1.34. The Kier molecular flexibility index (Phi) is 5.36. The zero-order chi connectivity index (χ0) is 21.5. The van der Waals surface area contributed by atoms with Gasteiger partial charge in [0.05, 0.1) is 23.3 Å². The third kappa shape index (κ3) is 3.84. The molecule has 1 aliphatic heterocycles. The van der Waals surface area contributed by atoms with Crippen LogP contribution in [0.3, 0.4) is 0 Å². The molecule has 6 nitrogen and oxygen atoms in total. The first-order chi connectivity index (χ1) is 14.3. The quantitative estimate of drug-likeness (QED) is 0.735. The van der Waals surface area contributed by atoms with Gasteiger partial charge in [0.25, 0.3) is 10.0 Å². The minimum atomic E-state index is -3.92. The van der Waals surface area contributed by atoms with Gasteiger partial charge in [0.1, 0.15) is 5.82 Å². The number of sulfonamides is 1. The summed E-state index contributed by atoms with van der Waals surface area (Å²) in [6.45, 7) is 1.73. The number of rotatable bonds is 5. The van der Waals surface area contributed by atoms with Gasteiger partial charge in [0.2, 0.25) is 11.8 Å². The maximum atomic E-state index is 13.1. The molecule has 0 bridgehead atoms. The van der Waals surface area contributed by atoms with E-state index in [0.29, 0.717) is 11.1 Å². The van der Waals surface area contributed by atoms with Gasteiger partial charge in [0.15, 0.2) is 0 Å². The second-order valence-electron chi connectivity index (χ2n) is 7.97. The lowest BCUT2D eigenvalue weighted by Crippen LogP contribution is -2.30. The Morgan fingerprint density at radius 1 is 1.00 bits per heavy atom. The summed E-state index contributed by atoms with van der Waals surface area (Å²) in [5.74, 6) is -1.24. The molecule has 0 unspecified atom stereocenters. The van der Waals surface area contributed by atoms with Crippen LogP contribution in [0.4, 0.5) is 10.1 Å². The molecular formula is C22H23FN2O4S. The van der Waals surface area contributed by atoms with E-state index in [0.717, 1.165) is 25.7 Å². The highest BCUT2D eigenvalue weighted by Crippen LogP contribution is 2.38. The van der Waals surface area contributed by atoms with Gasteiger partial charge < -0.3 is 0 Å². The summed E-state index contributed by atoms with van der Waals surface area (Å²) in [6, 6.07) is 9.91. The highest BCUT2D eigenvalue weighted by molar-refractivity contribution is 7.92. The second-order valence-corrected chi connectivity index (χ2v) is 9.62. The van der Waals surface area contributed by atoms with Gasteiger partial charge in [-0.3, -0.25) is 19.2 Å². The van der Waals surface area contributed by atoms with Crippen LogP contribution in [0.5, 0.6) is 0 Å². The number of benzene rings is 2. The minimum Gasteiger partial charge on any atom is -0.280 e. The van der Waals surface area contributed by atoms with E-state index in [4.69, 9.17) is 0 Å². The van der Waals surface area contributed by atoms with Crippen LogP contribution in [0.25, 0.3) is 0 Å². The summed E-state index contributed by atoms with van der Waals surface area (Å²) in [6.07, 6.45) is 3.38. The molecule has 2 aromatic carbocycles. The van der Waals surface area contributed by atoms with Crippen LogP contribution in [-0.2, 0) is 26.2 Å². The molecule has 1 aliphatic carbocycles. The van der Waals surface area contributed by atoms with Crippen molar-refractivity contribution in [2.45, 2.75) is 44.0 Å². The van der Waals surface area contributed by atoms with Gasteiger partial charge in [-0.2, -0.15) is 0 Å². The molecular weight excluding hydrogens is 407 g/mol. The highest BCUT2D eigenvalue weighted by atomic mass is 32.2. The Labute approximate surface area is 175 Å². The van der Waals surface area contributed by atoms with Crippen molar-refractivity contribution in [3.63, 3.8) is 0 Å². The first-order valence-electron chi connectivity index (χ1n) is 9.99. The van der Waals surface area contributed by atoms with Crippen LogP contribution in [-0.4, -0.2) is 25.1 Å². The largest absolute Gasteiger partial charge is 0.280 e. The molecule has 8 heteroatoms. The number of amides is 2. The number of carbonyl (C=O) groups is 2. The lowest BCUT2D eigenvalue weighted by atomic mass is 9.81. The summed E-state index contributed by atoms with van der Waals surface area (Å²) < 4.78 is 41.3.